The van der Waals surface area contributed by atoms with E-state index in [0.29, 0.717) is 5.56 Å². The van der Waals surface area contributed by atoms with E-state index in [1.54, 1.807) is 31.3 Å². The van der Waals surface area contributed by atoms with Crippen molar-refractivity contribution >= 4 is 17.6 Å². The highest BCUT2D eigenvalue weighted by Gasteiger charge is 2.06. The zero-order valence-electron chi connectivity index (χ0n) is 10.1. The zero-order chi connectivity index (χ0) is 13.4. The normalized spacial score (nSPS) is 9.39. The van der Waals surface area contributed by atoms with Crippen LogP contribution in [0.15, 0.2) is 36.9 Å². The fourth-order valence-corrected chi connectivity index (χ4v) is 1.19. The Balaban J connectivity index is 2.36. The number of ether oxygens (including phenoxy) is 2. The van der Waals surface area contributed by atoms with E-state index in [0.717, 1.165) is 11.8 Å². The molecule has 5 nitrogen and oxygen atoms in total. The highest BCUT2D eigenvalue weighted by atomic mass is 16.6. The third-order valence-electron chi connectivity index (χ3n) is 2.14. The largest absolute Gasteiger partial charge is 0.459 e. The Morgan fingerprint density at radius 2 is 1.83 bits per heavy atom. The predicted octanol–water partition coefficient (Wildman–Crippen LogP) is 1.61. The minimum Gasteiger partial charge on any atom is -0.459 e. The molecular weight excluding hydrogens is 234 g/mol. The first-order chi connectivity index (χ1) is 8.67. The molecule has 0 aliphatic carbocycles. The van der Waals surface area contributed by atoms with E-state index in [1.807, 2.05) is 0 Å². The van der Waals surface area contributed by atoms with Crippen LogP contribution in [-0.2, 0) is 14.3 Å². The van der Waals surface area contributed by atoms with Crippen LogP contribution in [0.25, 0.3) is 0 Å². The van der Waals surface area contributed by atoms with E-state index in [-0.39, 0.29) is 13.2 Å². The van der Waals surface area contributed by atoms with Gasteiger partial charge in [-0.15, -0.1) is 0 Å². The van der Waals surface area contributed by atoms with Crippen molar-refractivity contribution < 1.29 is 19.1 Å². The van der Waals surface area contributed by atoms with E-state index < -0.39 is 11.9 Å². The minimum absolute atomic E-state index is 0.0190. The molecule has 0 radical (unpaired) electrons. The van der Waals surface area contributed by atoms with Crippen LogP contribution in [0.5, 0.6) is 0 Å². The standard InChI is InChI=1S/C13H15NO4/c1-3-12(15)17-8-9-18-13(16)10-4-6-11(14-2)7-5-10/h3-7,14H,1,8-9H2,2H3. The van der Waals surface area contributed by atoms with Crippen molar-refractivity contribution in [1.82, 2.24) is 0 Å². The van der Waals surface area contributed by atoms with Crippen LogP contribution in [0, 0.1) is 0 Å². The van der Waals surface area contributed by atoms with E-state index in [9.17, 15) is 9.59 Å². The van der Waals surface area contributed by atoms with Gasteiger partial charge in [0.2, 0.25) is 0 Å². The second-order valence-corrected chi connectivity index (χ2v) is 3.33. The summed E-state index contributed by atoms with van der Waals surface area (Å²) in [5.74, 6) is -0.989. The molecule has 0 spiro atoms. The summed E-state index contributed by atoms with van der Waals surface area (Å²) in [6.45, 7) is 3.29. The van der Waals surface area contributed by atoms with Crippen LogP contribution < -0.4 is 5.32 Å². The Kier molecular flexibility index (Phi) is 5.44. The average Bonchev–Trinajstić information content (AvgIpc) is 2.43. The summed E-state index contributed by atoms with van der Waals surface area (Å²) in [6.07, 6.45) is 1.05. The van der Waals surface area contributed by atoms with Crippen molar-refractivity contribution in [2.75, 3.05) is 25.6 Å². The molecule has 0 bridgehead atoms. The fraction of sp³-hybridized carbons (Fsp3) is 0.231. The molecule has 5 heteroatoms. The highest BCUT2D eigenvalue weighted by molar-refractivity contribution is 5.89. The maximum absolute atomic E-state index is 11.6. The average molecular weight is 249 g/mol. The molecule has 0 aliphatic heterocycles. The molecule has 0 aromatic heterocycles. The molecule has 0 heterocycles. The predicted molar refractivity (Wildman–Crippen MR) is 67.4 cm³/mol. The van der Waals surface area contributed by atoms with Crippen molar-refractivity contribution in [2.24, 2.45) is 0 Å². The number of anilines is 1. The Labute approximate surface area is 105 Å². The van der Waals surface area contributed by atoms with Crippen LogP contribution in [0.2, 0.25) is 0 Å². The quantitative estimate of drug-likeness (QED) is 0.471. The number of hydrogen-bond donors (Lipinski definition) is 1. The lowest BCUT2D eigenvalue weighted by molar-refractivity contribution is -0.138. The number of esters is 2. The fourth-order valence-electron chi connectivity index (χ4n) is 1.19. The van der Waals surface area contributed by atoms with Crippen LogP contribution in [0.3, 0.4) is 0 Å². The molecule has 0 atom stereocenters. The molecule has 0 amide bonds. The van der Waals surface area contributed by atoms with Gasteiger partial charge >= 0.3 is 11.9 Å². The van der Waals surface area contributed by atoms with Crippen molar-refractivity contribution in [2.45, 2.75) is 0 Å². The Morgan fingerprint density at radius 1 is 1.22 bits per heavy atom. The van der Waals surface area contributed by atoms with Gasteiger partial charge in [0.15, 0.2) is 0 Å². The second kappa shape index (κ2) is 7.11. The number of carbonyl (C=O) groups excluding carboxylic acids is 2. The lowest BCUT2D eigenvalue weighted by atomic mass is 10.2. The summed E-state index contributed by atoms with van der Waals surface area (Å²) in [6, 6.07) is 6.86. The molecule has 1 N–H and O–H groups in total. The van der Waals surface area contributed by atoms with Gasteiger partial charge in [-0.1, -0.05) is 6.58 Å². The third-order valence-corrected chi connectivity index (χ3v) is 2.14. The maximum atomic E-state index is 11.6. The summed E-state index contributed by atoms with van der Waals surface area (Å²) < 4.78 is 9.60. The van der Waals surface area contributed by atoms with Gasteiger partial charge in [-0.05, 0) is 24.3 Å². The van der Waals surface area contributed by atoms with Crippen LogP contribution in [-0.4, -0.2) is 32.2 Å². The molecule has 18 heavy (non-hydrogen) atoms. The lowest BCUT2D eigenvalue weighted by Crippen LogP contribution is -2.12. The molecule has 0 saturated heterocycles. The zero-order valence-corrected chi connectivity index (χ0v) is 10.1. The first kappa shape index (κ1) is 13.8. The van der Waals surface area contributed by atoms with Crippen molar-refractivity contribution in [3.8, 4) is 0 Å². The topological polar surface area (TPSA) is 64.6 Å². The van der Waals surface area contributed by atoms with Gasteiger partial charge in [-0.25, -0.2) is 9.59 Å². The van der Waals surface area contributed by atoms with Gasteiger partial charge in [0.1, 0.15) is 13.2 Å². The van der Waals surface area contributed by atoms with E-state index in [1.165, 1.54) is 0 Å². The number of hydrogen-bond acceptors (Lipinski definition) is 5. The van der Waals surface area contributed by atoms with Crippen molar-refractivity contribution in [1.29, 1.82) is 0 Å². The van der Waals surface area contributed by atoms with Gasteiger partial charge in [-0.3, -0.25) is 0 Å². The molecular formula is C13H15NO4. The first-order valence-electron chi connectivity index (χ1n) is 5.41. The van der Waals surface area contributed by atoms with Crippen LogP contribution in [0.1, 0.15) is 10.4 Å². The summed E-state index contributed by atoms with van der Waals surface area (Å²) in [5.41, 5.74) is 1.36. The van der Waals surface area contributed by atoms with Crippen LogP contribution >= 0.6 is 0 Å². The smallest absolute Gasteiger partial charge is 0.338 e. The van der Waals surface area contributed by atoms with Gasteiger partial charge < -0.3 is 14.8 Å². The molecule has 0 unspecified atom stereocenters. The monoisotopic (exact) mass is 249 g/mol. The van der Waals surface area contributed by atoms with Gasteiger partial charge in [0.25, 0.3) is 0 Å². The number of nitrogens with one attached hydrogen (secondary N) is 1. The number of benzene rings is 1. The van der Waals surface area contributed by atoms with Crippen molar-refractivity contribution in [3.63, 3.8) is 0 Å². The second-order valence-electron chi connectivity index (χ2n) is 3.33. The summed E-state index contributed by atoms with van der Waals surface area (Å²) in [4.78, 5) is 22.3. The molecule has 1 aromatic carbocycles. The molecule has 0 aliphatic rings. The Bertz CT molecular complexity index is 425. The van der Waals surface area contributed by atoms with Gasteiger partial charge in [0.05, 0.1) is 5.56 Å². The highest BCUT2D eigenvalue weighted by Crippen LogP contribution is 2.09. The molecule has 0 fully saturated rings. The maximum Gasteiger partial charge on any atom is 0.338 e. The van der Waals surface area contributed by atoms with E-state index in [2.05, 4.69) is 16.6 Å². The van der Waals surface area contributed by atoms with Gasteiger partial charge in [0, 0.05) is 18.8 Å². The summed E-state index contributed by atoms with van der Waals surface area (Å²) in [5, 5.41) is 2.95. The van der Waals surface area contributed by atoms with Crippen molar-refractivity contribution in [3.05, 3.63) is 42.5 Å². The minimum atomic E-state index is -0.538. The van der Waals surface area contributed by atoms with Crippen LogP contribution in [0.4, 0.5) is 5.69 Å². The SMILES string of the molecule is C=CC(=O)OCCOC(=O)c1ccc(NC)cc1. The Hall–Kier alpha value is -2.30. The van der Waals surface area contributed by atoms with Gasteiger partial charge in [-0.2, -0.15) is 0 Å². The summed E-state index contributed by atoms with van der Waals surface area (Å²) in [7, 11) is 1.79. The lowest BCUT2D eigenvalue weighted by Gasteiger charge is -2.06. The molecule has 1 aromatic rings. The number of carbonyl (C=O) groups is 2. The molecule has 1 rings (SSSR count). The Morgan fingerprint density at radius 3 is 2.39 bits per heavy atom. The molecule has 0 saturated carbocycles. The summed E-state index contributed by atoms with van der Waals surface area (Å²) >= 11 is 0. The van der Waals surface area contributed by atoms with E-state index >= 15 is 0 Å². The number of rotatable bonds is 6. The molecule has 96 valence electrons. The first-order valence-corrected chi connectivity index (χ1v) is 5.41. The van der Waals surface area contributed by atoms with E-state index in [4.69, 9.17) is 4.74 Å². The third kappa shape index (κ3) is 4.29.